The predicted molar refractivity (Wildman–Crippen MR) is 141 cm³/mol. The van der Waals surface area contributed by atoms with Crippen LogP contribution in [-0.4, -0.2) is 32.6 Å². The van der Waals surface area contributed by atoms with E-state index in [2.05, 4.69) is 23.5 Å². The molecule has 5 rings (SSSR count). The van der Waals surface area contributed by atoms with E-state index in [1.807, 2.05) is 35.2 Å². The Kier molecular flexibility index (Phi) is 6.41. The quantitative estimate of drug-likeness (QED) is 0.392. The van der Waals surface area contributed by atoms with E-state index < -0.39 is 0 Å². The zero-order chi connectivity index (χ0) is 25.1. The first-order chi connectivity index (χ1) is 17.6. The molecule has 36 heavy (non-hydrogen) atoms. The third-order valence-electron chi connectivity index (χ3n) is 6.40. The average Bonchev–Trinajstić information content (AvgIpc) is 3.09. The lowest BCUT2D eigenvalue weighted by Crippen LogP contribution is -2.32. The standard InChI is InChI=1S/C30H26N2O4/c1-35-26-12-7-13-27(36-2)28(26)29(33)31-22-16-14-21(15-17-22)30(34)32-19-18-20-8-3-4-9-23(20)24-10-5-6-11-25(24)32/h3-17H,18-19H2,1-2H3,(H,31,33). The third kappa shape index (κ3) is 4.29. The smallest absolute Gasteiger partial charge is 0.263 e. The summed E-state index contributed by atoms with van der Waals surface area (Å²) in [6.45, 7) is 0.582. The van der Waals surface area contributed by atoms with Crippen molar-refractivity contribution in [3.63, 3.8) is 0 Å². The molecule has 2 amide bonds. The molecule has 0 aliphatic carbocycles. The van der Waals surface area contributed by atoms with Crippen LogP contribution in [-0.2, 0) is 6.42 Å². The Labute approximate surface area is 210 Å². The molecule has 0 aromatic heterocycles. The van der Waals surface area contributed by atoms with Crippen LogP contribution in [0.3, 0.4) is 0 Å². The van der Waals surface area contributed by atoms with E-state index in [-0.39, 0.29) is 11.8 Å². The first-order valence-corrected chi connectivity index (χ1v) is 11.7. The second-order valence-electron chi connectivity index (χ2n) is 8.45. The fourth-order valence-corrected chi connectivity index (χ4v) is 4.62. The van der Waals surface area contributed by atoms with Crippen molar-refractivity contribution in [1.82, 2.24) is 0 Å². The molecular formula is C30H26N2O4. The maximum absolute atomic E-state index is 13.6. The van der Waals surface area contributed by atoms with Crippen molar-refractivity contribution < 1.29 is 19.1 Å². The highest BCUT2D eigenvalue weighted by Crippen LogP contribution is 2.37. The van der Waals surface area contributed by atoms with Crippen molar-refractivity contribution in [3.8, 4) is 22.6 Å². The van der Waals surface area contributed by atoms with Crippen LogP contribution in [0, 0.1) is 0 Å². The lowest BCUT2D eigenvalue weighted by atomic mass is 9.98. The van der Waals surface area contributed by atoms with Crippen molar-refractivity contribution >= 4 is 23.2 Å². The summed E-state index contributed by atoms with van der Waals surface area (Å²) in [4.78, 5) is 28.4. The van der Waals surface area contributed by atoms with Gasteiger partial charge in [-0.1, -0.05) is 48.5 Å². The monoisotopic (exact) mass is 478 g/mol. The van der Waals surface area contributed by atoms with Gasteiger partial charge in [0.2, 0.25) is 0 Å². The Bertz CT molecular complexity index is 1410. The van der Waals surface area contributed by atoms with Gasteiger partial charge >= 0.3 is 0 Å². The summed E-state index contributed by atoms with van der Waals surface area (Å²) in [5.74, 6) is 0.390. The van der Waals surface area contributed by atoms with Gasteiger partial charge in [-0.25, -0.2) is 0 Å². The number of carbonyl (C=O) groups excluding carboxylic acids is 2. The molecule has 0 fully saturated rings. The van der Waals surface area contributed by atoms with Gasteiger partial charge in [-0.15, -0.1) is 0 Å². The van der Waals surface area contributed by atoms with E-state index in [9.17, 15) is 9.59 Å². The van der Waals surface area contributed by atoms with Gasteiger partial charge < -0.3 is 19.7 Å². The van der Waals surface area contributed by atoms with Crippen molar-refractivity contribution in [2.75, 3.05) is 31.0 Å². The highest BCUT2D eigenvalue weighted by atomic mass is 16.5. The molecule has 0 saturated heterocycles. The van der Waals surface area contributed by atoms with Crippen LogP contribution in [0.4, 0.5) is 11.4 Å². The minimum atomic E-state index is -0.359. The van der Waals surface area contributed by atoms with Gasteiger partial charge in [-0.05, 0) is 60.0 Å². The van der Waals surface area contributed by atoms with Gasteiger partial charge in [-0.2, -0.15) is 0 Å². The molecule has 1 heterocycles. The van der Waals surface area contributed by atoms with Crippen LogP contribution >= 0.6 is 0 Å². The minimum Gasteiger partial charge on any atom is -0.496 e. The number of ether oxygens (including phenoxy) is 2. The van der Waals surface area contributed by atoms with Crippen molar-refractivity contribution in [1.29, 1.82) is 0 Å². The van der Waals surface area contributed by atoms with Crippen molar-refractivity contribution in [2.45, 2.75) is 6.42 Å². The Balaban J connectivity index is 1.39. The van der Waals surface area contributed by atoms with Gasteiger partial charge in [0.05, 0.1) is 19.9 Å². The van der Waals surface area contributed by atoms with Crippen LogP contribution in [0.25, 0.3) is 11.1 Å². The molecule has 1 aliphatic heterocycles. The highest BCUT2D eigenvalue weighted by Gasteiger charge is 2.25. The second kappa shape index (κ2) is 9.96. The van der Waals surface area contributed by atoms with Crippen LogP contribution in [0.1, 0.15) is 26.3 Å². The zero-order valence-corrected chi connectivity index (χ0v) is 20.2. The molecule has 4 aromatic carbocycles. The van der Waals surface area contributed by atoms with Crippen LogP contribution in [0.5, 0.6) is 11.5 Å². The lowest BCUT2D eigenvalue weighted by Gasteiger charge is -2.23. The number of rotatable bonds is 5. The predicted octanol–water partition coefficient (Wildman–Crippen LogP) is 5.83. The number of anilines is 2. The Morgan fingerprint density at radius 1 is 0.750 bits per heavy atom. The number of para-hydroxylation sites is 1. The zero-order valence-electron chi connectivity index (χ0n) is 20.2. The van der Waals surface area contributed by atoms with Crippen LogP contribution in [0.2, 0.25) is 0 Å². The highest BCUT2D eigenvalue weighted by molar-refractivity contribution is 6.10. The van der Waals surface area contributed by atoms with E-state index >= 15 is 0 Å². The molecule has 1 aliphatic rings. The fourth-order valence-electron chi connectivity index (χ4n) is 4.62. The Hall–Kier alpha value is -4.58. The topological polar surface area (TPSA) is 67.9 Å². The number of benzene rings is 4. The van der Waals surface area contributed by atoms with Gasteiger partial charge in [0.1, 0.15) is 17.1 Å². The summed E-state index contributed by atoms with van der Waals surface area (Å²) in [7, 11) is 3.01. The molecule has 0 spiro atoms. The molecule has 1 N–H and O–H groups in total. The largest absolute Gasteiger partial charge is 0.496 e. The van der Waals surface area contributed by atoms with E-state index in [1.165, 1.54) is 19.8 Å². The lowest BCUT2D eigenvalue weighted by molar-refractivity contribution is 0.0986. The van der Waals surface area contributed by atoms with Gasteiger partial charge in [0.15, 0.2) is 0 Å². The fraction of sp³-hybridized carbons (Fsp3) is 0.133. The van der Waals surface area contributed by atoms with Crippen LogP contribution in [0.15, 0.2) is 91.0 Å². The Morgan fingerprint density at radius 2 is 1.39 bits per heavy atom. The van der Waals surface area contributed by atoms with Crippen molar-refractivity contribution in [3.05, 3.63) is 108 Å². The van der Waals surface area contributed by atoms with E-state index in [4.69, 9.17) is 9.47 Å². The van der Waals surface area contributed by atoms with E-state index in [0.717, 1.165) is 23.2 Å². The third-order valence-corrected chi connectivity index (χ3v) is 6.40. The number of carbonyl (C=O) groups is 2. The summed E-state index contributed by atoms with van der Waals surface area (Å²) >= 11 is 0. The normalized spacial score (nSPS) is 12.1. The Morgan fingerprint density at radius 3 is 2.08 bits per heavy atom. The number of hydrogen-bond donors (Lipinski definition) is 1. The maximum Gasteiger partial charge on any atom is 0.263 e. The number of nitrogens with one attached hydrogen (secondary N) is 1. The summed E-state index contributed by atoms with van der Waals surface area (Å²) in [5.41, 5.74) is 5.75. The molecule has 0 atom stereocenters. The molecule has 0 unspecified atom stereocenters. The first-order valence-electron chi connectivity index (χ1n) is 11.7. The molecule has 6 heteroatoms. The second-order valence-corrected chi connectivity index (χ2v) is 8.45. The molecular weight excluding hydrogens is 452 g/mol. The molecule has 0 bridgehead atoms. The molecule has 6 nitrogen and oxygen atoms in total. The van der Waals surface area contributed by atoms with Gasteiger partial charge in [-0.3, -0.25) is 9.59 Å². The molecule has 0 radical (unpaired) electrons. The van der Waals surface area contributed by atoms with E-state index in [1.54, 1.807) is 42.5 Å². The molecule has 0 saturated carbocycles. The SMILES string of the molecule is COc1cccc(OC)c1C(=O)Nc1ccc(C(=O)N2CCc3ccccc3-c3ccccc32)cc1. The van der Waals surface area contributed by atoms with Crippen molar-refractivity contribution in [2.24, 2.45) is 0 Å². The molecule has 4 aromatic rings. The van der Waals surface area contributed by atoms with E-state index in [0.29, 0.717) is 34.9 Å². The average molecular weight is 479 g/mol. The summed E-state index contributed by atoms with van der Waals surface area (Å²) < 4.78 is 10.7. The summed E-state index contributed by atoms with van der Waals surface area (Å²) in [5, 5.41) is 2.87. The van der Waals surface area contributed by atoms with Gasteiger partial charge in [0, 0.05) is 23.4 Å². The number of hydrogen-bond acceptors (Lipinski definition) is 4. The first kappa shape index (κ1) is 23.2. The summed E-state index contributed by atoms with van der Waals surface area (Å²) in [6, 6.07) is 28.4. The molecule has 180 valence electrons. The number of methoxy groups -OCH3 is 2. The number of nitrogens with zero attached hydrogens (tertiary/aromatic N) is 1. The van der Waals surface area contributed by atoms with Gasteiger partial charge in [0.25, 0.3) is 11.8 Å². The van der Waals surface area contributed by atoms with Crippen LogP contribution < -0.4 is 19.7 Å². The number of fused-ring (bicyclic) bond motifs is 3. The maximum atomic E-state index is 13.6. The number of amides is 2. The minimum absolute atomic E-state index is 0.0838. The summed E-state index contributed by atoms with van der Waals surface area (Å²) in [6.07, 6.45) is 0.769.